The van der Waals surface area contributed by atoms with Gasteiger partial charge in [0.15, 0.2) is 0 Å². The van der Waals surface area contributed by atoms with Gasteiger partial charge in [-0.15, -0.1) is 0 Å². The molecular formula is C17H22Cl2N4O3S. The number of aromatic nitrogens is 1. The maximum Gasteiger partial charge on any atom is 0.343 e. The summed E-state index contributed by atoms with van der Waals surface area (Å²) in [5.41, 5.74) is 0.942. The highest BCUT2D eigenvalue weighted by Crippen LogP contribution is 2.39. The monoisotopic (exact) mass is 432 g/mol. The summed E-state index contributed by atoms with van der Waals surface area (Å²) < 4.78 is 0. The number of carboxylic acid groups (broad SMARTS) is 1. The van der Waals surface area contributed by atoms with E-state index in [0.717, 1.165) is 19.5 Å². The largest absolute Gasteiger partial charge is 0.477 e. The molecule has 0 aliphatic carbocycles. The molecule has 0 spiro atoms. The van der Waals surface area contributed by atoms with Crippen LogP contribution in [0.15, 0.2) is 11.1 Å². The summed E-state index contributed by atoms with van der Waals surface area (Å²) in [6.45, 7) is 7.25. The first-order valence-corrected chi connectivity index (χ1v) is 10.2. The number of rotatable bonds is 4. The lowest BCUT2D eigenvalue weighted by atomic mass is 9.93. The first-order chi connectivity index (χ1) is 12.6. The second kappa shape index (κ2) is 7.58. The number of aliphatic carboxylic acids is 1. The van der Waals surface area contributed by atoms with E-state index in [9.17, 15) is 14.7 Å². The summed E-state index contributed by atoms with van der Waals surface area (Å²) in [7, 11) is 0. The molecule has 3 heterocycles. The van der Waals surface area contributed by atoms with E-state index in [2.05, 4.69) is 27.4 Å². The third kappa shape index (κ3) is 3.94. The van der Waals surface area contributed by atoms with Crippen molar-refractivity contribution < 1.29 is 14.7 Å². The molecule has 3 atom stereocenters. The van der Waals surface area contributed by atoms with Gasteiger partial charge in [0.1, 0.15) is 15.6 Å². The number of carboxylic acids is 1. The van der Waals surface area contributed by atoms with Gasteiger partial charge < -0.3 is 20.7 Å². The van der Waals surface area contributed by atoms with Gasteiger partial charge in [-0.05, 0) is 26.2 Å². The van der Waals surface area contributed by atoms with Gasteiger partial charge in [-0.25, -0.2) is 4.79 Å². The second-order valence-electron chi connectivity index (χ2n) is 7.09. The van der Waals surface area contributed by atoms with Crippen LogP contribution >= 0.6 is 35.0 Å². The Kier molecular flexibility index (Phi) is 5.72. The molecule has 7 nitrogen and oxygen atoms in total. The molecule has 1 aromatic heterocycles. The van der Waals surface area contributed by atoms with Crippen molar-refractivity contribution in [2.24, 2.45) is 5.92 Å². The lowest BCUT2D eigenvalue weighted by Gasteiger charge is -2.45. The maximum absolute atomic E-state index is 12.6. The lowest BCUT2D eigenvalue weighted by molar-refractivity contribution is -0.131. The van der Waals surface area contributed by atoms with Crippen LogP contribution in [0.2, 0.25) is 10.0 Å². The minimum atomic E-state index is -0.928. The summed E-state index contributed by atoms with van der Waals surface area (Å²) in [6, 6.07) is -0.00546. The molecule has 1 aromatic rings. The number of amides is 1. The molecule has 148 valence electrons. The van der Waals surface area contributed by atoms with Crippen LogP contribution in [0.4, 0.5) is 0 Å². The molecule has 0 radical (unpaired) electrons. The Morgan fingerprint density at radius 2 is 2.11 bits per heavy atom. The number of nitrogens with zero attached hydrogens (tertiary/aromatic N) is 1. The van der Waals surface area contributed by atoms with Crippen molar-refractivity contribution >= 4 is 46.8 Å². The number of aryl methyl sites for hydroxylation is 1. The average molecular weight is 433 g/mol. The summed E-state index contributed by atoms with van der Waals surface area (Å²) in [6.07, 6.45) is 2.29. The number of halogens is 2. The lowest BCUT2D eigenvalue weighted by Crippen LogP contribution is -2.58. The third-order valence-electron chi connectivity index (χ3n) is 5.10. The van der Waals surface area contributed by atoms with Gasteiger partial charge in [0, 0.05) is 31.0 Å². The third-order valence-corrected chi connectivity index (χ3v) is 7.33. The van der Waals surface area contributed by atoms with Crippen molar-refractivity contribution in [3.05, 3.63) is 32.5 Å². The number of carbonyl (C=O) groups is 2. The molecule has 27 heavy (non-hydrogen) atoms. The van der Waals surface area contributed by atoms with E-state index < -0.39 is 11.0 Å². The predicted molar refractivity (Wildman–Crippen MR) is 107 cm³/mol. The molecule has 10 heteroatoms. The fraction of sp³-hybridized carbons (Fsp3) is 0.529. The second-order valence-corrected chi connectivity index (χ2v) is 9.28. The standard InChI is InChI=1S/C17H22Cl2N4O3S/c1-8-7-23(17(3)20-6-11(27-17)16(25)26)5-4-10(8)22-15(24)14-13(19)12(18)9(2)21-14/h6,8,10,20-21H,4-5,7H2,1-3H3,(H,22,24)(H,25,26). The Bertz CT molecular complexity index is 812. The Balaban J connectivity index is 1.61. The van der Waals surface area contributed by atoms with Crippen LogP contribution in [0.5, 0.6) is 0 Å². The van der Waals surface area contributed by atoms with Crippen molar-refractivity contribution in [3.63, 3.8) is 0 Å². The van der Waals surface area contributed by atoms with Crippen LogP contribution in [0.3, 0.4) is 0 Å². The fourth-order valence-electron chi connectivity index (χ4n) is 3.45. The van der Waals surface area contributed by atoms with Gasteiger partial charge in [0.2, 0.25) is 0 Å². The average Bonchev–Trinajstić information content (AvgIpc) is 3.13. The molecule has 2 aliphatic heterocycles. The van der Waals surface area contributed by atoms with Gasteiger partial charge in [-0.3, -0.25) is 9.69 Å². The topological polar surface area (TPSA) is 97.5 Å². The number of likely N-dealkylation sites (tertiary alicyclic amines) is 1. The predicted octanol–water partition coefficient (Wildman–Crippen LogP) is 3.01. The number of hydrogen-bond donors (Lipinski definition) is 4. The van der Waals surface area contributed by atoms with Crippen LogP contribution in [-0.4, -0.2) is 51.0 Å². The summed E-state index contributed by atoms with van der Waals surface area (Å²) in [4.78, 5) is 28.7. The minimum absolute atomic E-state index is 0.00546. The quantitative estimate of drug-likeness (QED) is 0.583. The van der Waals surface area contributed by atoms with Gasteiger partial charge in [0.25, 0.3) is 5.91 Å². The first-order valence-electron chi connectivity index (χ1n) is 8.62. The van der Waals surface area contributed by atoms with E-state index in [1.165, 1.54) is 11.8 Å². The molecule has 4 N–H and O–H groups in total. The van der Waals surface area contributed by atoms with Crippen molar-refractivity contribution in [1.82, 2.24) is 20.5 Å². The molecule has 1 amide bonds. The van der Waals surface area contributed by atoms with Gasteiger partial charge in [-0.1, -0.05) is 41.9 Å². The van der Waals surface area contributed by atoms with Gasteiger partial charge >= 0.3 is 5.97 Å². The Morgan fingerprint density at radius 3 is 2.63 bits per heavy atom. The molecule has 1 fully saturated rings. The van der Waals surface area contributed by atoms with Crippen LogP contribution in [-0.2, 0) is 4.79 Å². The number of aromatic amines is 1. The zero-order valence-corrected chi connectivity index (χ0v) is 17.6. The van der Waals surface area contributed by atoms with Crippen LogP contribution < -0.4 is 10.6 Å². The van der Waals surface area contributed by atoms with Crippen LogP contribution in [0.1, 0.15) is 36.5 Å². The maximum atomic E-state index is 12.6. The van der Waals surface area contributed by atoms with Crippen molar-refractivity contribution in [1.29, 1.82) is 0 Å². The van der Waals surface area contributed by atoms with Crippen molar-refractivity contribution in [2.75, 3.05) is 13.1 Å². The molecule has 2 aliphatic rings. The smallest absolute Gasteiger partial charge is 0.343 e. The number of piperidine rings is 1. The van der Waals surface area contributed by atoms with Crippen LogP contribution in [0, 0.1) is 12.8 Å². The zero-order chi connectivity index (χ0) is 19.9. The molecule has 3 rings (SSSR count). The Hall–Kier alpha value is -1.35. The Labute approximate surface area is 171 Å². The highest BCUT2D eigenvalue weighted by Gasteiger charge is 2.42. The van der Waals surface area contributed by atoms with E-state index >= 15 is 0 Å². The SMILES string of the molecule is Cc1[nH]c(C(=O)NC2CCN(C3(C)NC=C(C(=O)O)S3)CC2C)c(Cl)c1Cl. The molecule has 0 saturated carbocycles. The summed E-state index contributed by atoms with van der Waals surface area (Å²) in [5.74, 6) is -1.01. The van der Waals surface area contributed by atoms with E-state index in [4.69, 9.17) is 23.2 Å². The molecule has 1 saturated heterocycles. The summed E-state index contributed by atoms with van der Waals surface area (Å²) in [5, 5.41) is 16.0. The normalized spacial score (nSPS) is 28.6. The molecule has 0 bridgehead atoms. The number of H-pyrrole nitrogens is 1. The van der Waals surface area contributed by atoms with E-state index in [0.29, 0.717) is 15.6 Å². The molecule has 0 aromatic carbocycles. The van der Waals surface area contributed by atoms with E-state index in [-0.39, 0.29) is 28.6 Å². The number of thioether (sulfide) groups is 1. The van der Waals surface area contributed by atoms with E-state index in [1.807, 2.05) is 6.92 Å². The van der Waals surface area contributed by atoms with Crippen molar-refractivity contribution in [3.8, 4) is 0 Å². The molecule has 3 unspecified atom stereocenters. The highest BCUT2D eigenvalue weighted by atomic mass is 35.5. The first kappa shape index (κ1) is 20.4. The number of hydrogen-bond acceptors (Lipinski definition) is 5. The number of carbonyl (C=O) groups excluding carboxylic acids is 1. The van der Waals surface area contributed by atoms with E-state index in [1.54, 1.807) is 13.1 Å². The van der Waals surface area contributed by atoms with Gasteiger partial charge in [0.05, 0.1) is 10.0 Å². The van der Waals surface area contributed by atoms with Crippen molar-refractivity contribution in [2.45, 2.75) is 38.2 Å². The Morgan fingerprint density at radius 1 is 1.41 bits per heavy atom. The fourth-order valence-corrected chi connectivity index (χ4v) is 4.91. The summed E-state index contributed by atoms with van der Waals surface area (Å²) >= 11 is 13.5. The number of nitrogens with one attached hydrogen (secondary N) is 3. The zero-order valence-electron chi connectivity index (χ0n) is 15.2. The molecular weight excluding hydrogens is 411 g/mol. The van der Waals surface area contributed by atoms with Gasteiger partial charge in [-0.2, -0.15) is 0 Å². The minimum Gasteiger partial charge on any atom is -0.477 e. The highest BCUT2D eigenvalue weighted by molar-refractivity contribution is 8.05. The van der Waals surface area contributed by atoms with Crippen LogP contribution in [0.25, 0.3) is 0 Å².